The molecule has 3 heterocycles. The van der Waals surface area contributed by atoms with Gasteiger partial charge in [-0.3, -0.25) is 4.57 Å². The SMILES string of the molecule is CC(Sc1nnc(-c2ccc(F)cc2)n1CC1CCCO1)c1nc(N)nc(N(C)C)n1. The molecule has 2 N–H and O–H groups in total. The van der Waals surface area contributed by atoms with E-state index in [0.29, 0.717) is 29.3 Å². The minimum absolute atomic E-state index is 0.0954. The lowest BCUT2D eigenvalue weighted by Crippen LogP contribution is -2.18. The van der Waals surface area contributed by atoms with Crippen LogP contribution in [0.4, 0.5) is 16.3 Å². The van der Waals surface area contributed by atoms with Gasteiger partial charge in [0.05, 0.1) is 17.9 Å². The Kier molecular flexibility index (Phi) is 6.33. The molecule has 2 unspecified atom stereocenters. The molecule has 1 aliphatic rings. The lowest BCUT2D eigenvalue weighted by Gasteiger charge is -2.17. The highest BCUT2D eigenvalue weighted by Crippen LogP contribution is 2.35. The highest BCUT2D eigenvalue weighted by molar-refractivity contribution is 7.99. The number of ether oxygens (including phenoxy) is 1. The number of hydrogen-bond acceptors (Lipinski definition) is 9. The van der Waals surface area contributed by atoms with Crippen molar-refractivity contribution < 1.29 is 9.13 Å². The molecule has 1 saturated heterocycles. The van der Waals surface area contributed by atoms with Gasteiger partial charge in [0, 0.05) is 26.3 Å². The molecule has 164 valence electrons. The summed E-state index contributed by atoms with van der Waals surface area (Å²) in [5.41, 5.74) is 6.68. The van der Waals surface area contributed by atoms with Crippen molar-refractivity contribution in [1.29, 1.82) is 0 Å². The van der Waals surface area contributed by atoms with E-state index in [1.54, 1.807) is 17.0 Å². The fraction of sp³-hybridized carbons (Fsp3) is 0.450. The van der Waals surface area contributed by atoms with E-state index in [9.17, 15) is 4.39 Å². The lowest BCUT2D eigenvalue weighted by atomic mass is 10.2. The first kappa shape index (κ1) is 21.4. The summed E-state index contributed by atoms with van der Waals surface area (Å²) in [7, 11) is 3.70. The summed E-state index contributed by atoms with van der Waals surface area (Å²) in [5.74, 6) is 1.63. The Balaban J connectivity index is 1.65. The van der Waals surface area contributed by atoms with Crippen molar-refractivity contribution >= 4 is 23.7 Å². The van der Waals surface area contributed by atoms with Crippen LogP contribution in [-0.4, -0.2) is 56.5 Å². The van der Waals surface area contributed by atoms with Gasteiger partial charge in [0.15, 0.2) is 11.0 Å². The standard InChI is InChI=1S/C20H25FN8OS/c1-12(16-23-18(22)25-19(24-16)28(2)3)31-20-27-26-17(13-6-8-14(21)9-7-13)29(20)11-15-5-4-10-30-15/h6-9,12,15H,4-5,10-11H2,1-3H3,(H2,22,23,24,25). The van der Waals surface area contributed by atoms with E-state index in [-0.39, 0.29) is 23.1 Å². The minimum Gasteiger partial charge on any atom is -0.376 e. The number of halogens is 1. The number of aromatic nitrogens is 6. The fourth-order valence-corrected chi connectivity index (χ4v) is 4.24. The van der Waals surface area contributed by atoms with Gasteiger partial charge >= 0.3 is 0 Å². The van der Waals surface area contributed by atoms with Crippen LogP contribution in [0.1, 0.15) is 30.8 Å². The van der Waals surface area contributed by atoms with Crippen LogP contribution in [0.25, 0.3) is 11.4 Å². The molecule has 1 aliphatic heterocycles. The molecule has 31 heavy (non-hydrogen) atoms. The van der Waals surface area contributed by atoms with Crippen molar-refractivity contribution in [3.8, 4) is 11.4 Å². The number of nitrogens with two attached hydrogens (primary N) is 1. The van der Waals surface area contributed by atoms with Crippen molar-refractivity contribution in [3.63, 3.8) is 0 Å². The predicted octanol–water partition coefficient (Wildman–Crippen LogP) is 2.95. The summed E-state index contributed by atoms with van der Waals surface area (Å²) in [6.07, 6.45) is 2.12. The zero-order valence-electron chi connectivity index (χ0n) is 17.7. The largest absolute Gasteiger partial charge is 0.376 e. The van der Waals surface area contributed by atoms with Gasteiger partial charge in [-0.1, -0.05) is 11.8 Å². The monoisotopic (exact) mass is 444 g/mol. The van der Waals surface area contributed by atoms with E-state index in [1.807, 2.05) is 25.6 Å². The molecule has 0 saturated carbocycles. The van der Waals surface area contributed by atoms with Gasteiger partial charge in [-0.15, -0.1) is 10.2 Å². The Bertz CT molecular complexity index is 1040. The maximum atomic E-state index is 13.4. The van der Waals surface area contributed by atoms with Gasteiger partial charge in [0.25, 0.3) is 0 Å². The van der Waals surface area contributed by atoms with Gasteiger partial charge < -0.3 is 15.4 Å². The number of rotatable bonds is 7. The normalized spacial score (nSPS) is 17.1. The number of benzene rings is 1. The van der Waals surface area contributed by atoms with E-state index in [2.05, 4.69) is 25.1 Å². The van der Waals surface area contributed by atoms with Gasteiger partial charge in [-0.05, 0) is 44.0 Å². The van der Waals surface area contributed by atoms with E-state index in [1.165, 1.54) is 23.9 Å². The quantitative estimate of drug-likeness (QED) is 0.550. The smallest absolute Gasteiger partial charge is 0.229 e. The molecular formula is C20H25FN8OS. The summed E-state index contributed by atoms with van der Waals surface area (Å²) in [6.45, 7) is 3.37. The number of anilines is 2. The van der Waals surface area contributed by atoms with Gasteiger partial charge in [0.2, 0.25) is 11.9 Å². The molecule has 0 aliphatic carbocycles. The minimum atomic E-state index is -0.290. The maximum Gasteiger partial charge on any atom is 0.229 e. The second kappa shape index (κ2) is 9.15. The van der Waals surface area contributed by atoms with Gasteiger partial charge in [-0.2, -0.15) is 15.0 Å². The van der Waals surface area contributed by atoms with Crippen molar-refractivity contribution in [2.75, 3.05) is 31.3 Å². The second-order valence-corrected chi connectivity index (χ2v) is 8.87. The number of hydrogen-bond donors (Lipinski definition) is 1. The van der Waals surface area contributed by atoms with Crippen molar-refractivity contribution in [2.45, 2.75) is 42.8 Å². The van der Waals surface area contributed by atoms with Crippen LogP contribution in [-0.2, 0) is 11.3 Å². The number of thioether (sulfide) groups is 1. The Morgan fingerprint density at radius 3 is 2.68 bits per heavy atom. The Labute approximate surface area is 184 Å². The van der Waals surface area contributed by atoms with Gasteiger partial charge in [-0.25, -0.2) is 4.39 Å². The zero-order chi connectivity index (χ0) is 22.0. The average molecular weight is 445 g/mol. The third kappa shape index (κ3) is 4.93. The molecule has 0 bridgehead atoms. The topological polar surface area (TPSA) is 108 Å². The molecule has 1 aromatic carbocycles. The van der Waals surface area contributed by atoms with E-state index < -0.39 is 0 Å². The number of nitrogen functional groups attached to an aromatic ring is 1. The van der Waals surface area contributed by atoms with E-state index in [4.69, 9.17) is 10.5 Å². The summed E-state index contributed by atoms with van der Waals surface area (Å²) in [6, 6.07) is 6.26. The highest BCUT2D eigenvalue weighted by atomic mass is 32.2. The lowest BCUT2D eigenvalue weighted by molar-refractivity contribution is 0.0953. The second-order valence-electron chi connectivity index (χ2n) is 7.57. The maximum absolute atomic E-state index is 13.4. The molecule has 1 fully saturated rings. The molecule has 11 heteroatoms. The molecular weight excluding hydrogens is 419 g/mol. The van der Waals surface area contributed by atoms with Gasteiger partial charge in [0.1, 0.15) is 11.6 Å². The van der Waals surface area contributed by atoms with Crippen LogP contribution in [0.5, 0.6) is 0 Å². The third-order valence-electron chi connectivity index (χ3n) is 4.93. The zero-order valence-corrected chi connectivity index (χ0v) is 18.5. The molecule has 4 rings (SSSR count). The molecule has 0 amide bonds. The average Bonchev–Trinajstić information content (AvgIpc) is 3.39. The molecule has 9 nitrogen and oxygen atoms in total. The molecule has 2 aromatic heterocycles. The first-order valence-electron chi connectivity index (χ1n) is 10.1. The molecule has 0 spiro atoms. The number of nitrogens with zero attached hydrogens (tertiary/aromatic N) is 7. The van der Waals surface area contributed by atoms with Crippen LogP contribution >= 0.6 is 11.8 Å². The molecule has 3 aromatic rings. The van der Waals surface area contributed by atoms with Crippen LogP contribution in [0.15, 0.2) is 29.4 Å². The predicted molar refractivity (Wildman–Crippen MR) is 117 cm³/mol. The fourth-order valence-electron chi connectivity index (χ4n) is 3.33. The van der Waals surface area contributed by atoms with Crippen LogP contribution in [0, 0.1) is 5.82 Å². The van der Waals surface area contributed by atoms with Crippen LogP contribution in [0.3, 0.4) is 0 Å². The van der Waals surface area contributed by atoms with E-state index in [0.717, 1.165) is 25.0 Å². The Hall–Kier alpha value is -2.79. The summed E-state index contributed by atoms with van der Waals surface area (Å²) >= 11 is 1.49. The Morgan fingerprint density at radius 2 is 2.00 bits per heavy atom. The Morgan fingerprint density at radius 1 is 1.23 bits per heavy atom. The molecule has 2 atom stereocenters. The van der Waals surface area contributed by atoms with E-state index >= 15 is 0 Å². The van der Waals surface area contributed by atoms with Crippen LogP contribution < -0.4 is 10.6 Å². The summed E-state index contributed by atoms with van der Waals surface area (Å²) in [4.78, 5) is 14.8. The highest BCUT2D eigenvalue weighted by Gasteiger charge is 2.24. The first-order valence-corrected chi connectivity index (χ1v) is 10.9. The summed E-state index contributed by atoms with van der Waals surface area (Å²) in [5, 5.41) is 9.39. The first-order chi connectivity index (χ1) is 14.9. The summed E-state index contributed by atoms with van der Waals surface area (Å²) < 4.78 is 21.3. The molecule has 0 radical (unpaired) electrons. The third-order valence-corrected chi connectivity index (χ3v) is 6.01. The van der Waals surface area contributed by atoms with Crippen molar-refractivity contribution in [1.82, 2.24) is 29.7 Å². The van der Waals surface area contributed by atoms with Crippen molar-refractivity contribution in [3.05, 3.63) is 35.9 Å². The van der Waals surface area contributed by atoms with Crippen molar-refractivity contribution in [2.24, 2.45) is 0 Å². The van der Waals surface area contributed by atoms with Crippen LogP contribution in [0.2, 0.25) is 0 Å².